The first-order chi connectivity index (χ1) is 10.9. The lowest BCUT2D eigenvalue weighted by molar-refractivity contribution is -0.161. The van der Waals surface area contributed by atoms with Crippen LogP contribution in [0.2, 0.25) is 0 Å². The van der Waals surface area contributed by atoms with Crippen LogP contribution < -0.4 is 0 Å². The predicted molar refractivity (Wildman–Crippen MR) is 84.5 cm³/mol. The highest BCUT2D eigenvalue weighted by Gasteiger charge is 2.36. The summed E-state index contributed by atoms with van der Waals surface area (Å²) in [6, 6.07) is 2.71. The van der Waals surface area contributed by atoms with Gasteiger partial charge in [-0.2, -0.15) is 13.2 Å². The Morgan fingerprint density at radius 3 is 2.33 bits per heavy atom. The lowest BCUT2D eigenvalue weighted by atomic mass is 9.95. The van der Waals surface area contributed by atoms with E-state index in [9.17, 15) is 18.0 Å². The lowest BCUT2D eigenvalue weighted by Gasteiger charge is -2.31. The molecule has 0 aliphatic heterocycles. The van der Waals surface area contributed by atoms with Crippen molar-refractivity contribution in [3.63, 3.8) is 0 Å². The van der Waals surface area contributed by atoms with E-state index in [1.807, 2.05) is 0 Å². The first-order valence-electron chi connectivity index (χ1n) is 7.59. The van der Waals surface area contributed by atoms with E-state index in [2.05, 4.69) is 0 Å². The van der Waals surface area contributed by atoms with Crippen LogP contribution in [0, 0.1) is 6.92 Å². The van der Waals surface area contributed by atoms with Gasteiger partial charge in [-0.05, 0) is 51.9 Å². The van der Waals surface area contributed by atoms with Crippen molar-refractivity contribution in [1.29, 1.82) is 0 Å². The number of halogens is 3. The molecule has 136 valence electrons. The van der Waals surface area contributed by atoms with Crippen LogP contribution in [0.1, 0.15) is 43.5 Å². The van der Waals surface area contributed by atoms with E-state index in [-0.39, 0.29) is 24.3 Å². The molecule has 1 aromatic carbocycles. The smallest absolute Gasteiger partial charge is 0.416 e. The van der Waals surface area contributed by atoms with Crippen LogP contribution in [-0.2, 0) is 15.7 Å². The second kappa shape index (κ2) is 7.53. The molecule has 7 heteroatoms. The number of aliphatic hydroxyl groups excluding tert-OH is 1. The van der Waals surface area contributed by atoms with Crippen molar-refractivity contribution < 1.29 is 27.8 Å². The molecule has 1 rings (SSSR count). The molecule has 0 heterocycles. The minimum absolute atomic E-state index is 0.0225. The number of benzene rings is 1. The molecule has 1 atom stereocenters. The highest BCUT2D eigenvalue weighted by Crippen LogP contribution is 2.36. The van der Waals surface area contributed by atoms with E-state index in [4.69, 9.17) is 9.84 Å². The number of likely N-dealkylation sites (N-methyl/N-ethyl adjacent to an activating group) is 1. The van der Waals surface area contributed by atoms with E-state index in [0.29, 0.717) is 0 Å². The summed E-state index contributed by atoms with van der Waals surface area (Å²) >= 11 is 0. The zero-order valence-corrected chi connectivity index (χ0v) is 14.6. The van der Waals surface area contributed by atoms with Gasteiger partial charge in [0.1, 0.15) is 11.6 Å². The average molecular weight is 347 g/mol. The Hall–Kier alpha value is -1.60. The monoisotopic (exact) mass is 347 g/mol. The molecule has 0 aliphatic rings. The van der Waals surface area contributed by atoms with Gasteiger partial charge in [-0.15, -0.1) is 0 Å². The Balaban J connectivity index is 3.38. The number of carbonyl (C=O) groups excluding carboxylic acids is 1. The summed E-state index contributed by atoms with van der Waals surface area (Å²) in [6.45, 7) is 6.29. The normalized spacial score (nSPS) is 13.9. The molecule has 1 N–H and O–H groups in total. The maximum atomic E-state index is 13.1. The third-order valence-electron chi connectivity index (χ3n) is 3.50. The van der Waals surface area contributed by atoms with Crippen LogP contribution in [0.15, 0.2) is 18.2 Å². The quantitative estimate of drug-likeness (QED) is 0.830. The molecule has 0 spiro atoms. The summed E-state index contributed by atoms with van der Waals surface area (Å²) in [6.07, 6.45) is -4.51. The maximum Gasteiger partial charge on any atom is 0.416 e. The SMILES string of the molecule is Cc1c(C(C(=O)OC(C)(C)C)N(C)CCO)cccc1C(F)(F)F. The molecule has 0 radical (unpaired) electrons. The van der Waals surface area contributed by atoms with Gasteiger partial charge in [0.2, 0.25) is 0 Å². The third-order valence-corrected chi connectivity index (χ3v) is 3.50. The van der Waals surface area contributed by atoms with Gasteiger partial charge < -0.3 is 9.84 Å². The summed E-state index contributed by atoms with van der Waals surface area (Å²) in [5, 5.41) is 9.13. The topological polar surface area (TPSA) is 49.8 Å². The van der Waals surface area contributed by atoms with Gasteiger partial charge in [0.05, 0.1) is 12.2 Å². The van der Waals surface area contributed by atoms with E-state index in [0.717, 1.165) is 6.07 Å². The van der Waals surface area contributed by atoms with Gasteiger partial charge in [0.25, 0.3) is 0 Å². The molecule has 0 aromatic heterocycles. The Labute approximate surface area is 140 Å². The van der Waals surface area contributed by atoms with Crippen LogP contribution >= 0.6 is 0 Å². The molecule has 0 saturated heterocycles. The number of esters is 1. The minimum Gasteiger partial charge on any atom is -0.459 e. The summed E-state index contributed by atoms with van der Waals surface area (Å²) < 4.78 is 44.8. The van der Waals surface area contributed by atoms with Crippen LogP contribution in [0.5, 0.6) is 0 Å². The largest absolute Gasteiger partial charge is 0.459 e. The van der Waals surface area contributed by atoms with Crippen LogP contribution in [0.25, 0.3) is 0 Å². The second-order valence-corrected chi connectivity index (χ2v) is 6.66. The average Bonchev–Trinajstić information content (AvgIpc) is 2.37. The van der Waals surface area contributed by atoms with Crippen molar-refractivity contribution in [3.8, 4) is 0 Å². The number of aliphatic hydroxyl groups is 1. The molecular formula is C17H24F3NO3. The fourth-order valence-electron chi connectivity index (χ4n) is 2.45. The molecule has 0 fully saturated rings. The number of hydrogen-bond donors (Lipinski definition) is 1. The number of hydrogen-bond acceptors (Lipinski definition) is 4. The van der Waals surface area contributed by atoms with E-state index < -0.39 is 29.4 Å². The summed E-state index contributed by atoms with van der Waals surface area (Å²) in [4.78, 5) is 14.0. The highest BCUT2D eigenvalue weighted by molar-refractivity contribution is 5.78. The molecular weight excluding hydrogens is 323 g/mol. The van der Waals surface area contributed by atoms with Gasteiger partial charge >= 0.3 is 12.1 Å². The Morgan fingerprint density at radius 1 is 1.29 bits per heavy atom. The summed E-state index contributed by atoms with van der Waals surface area (Å²) in [5.41, 5.74) is -1.36. The van der Waals surface area contributed by atoms with Crippen molar-refractivity contribution in [2.45, 2.75) is 45.5 Å². The van der Waals surface area contributed by atoms with Crippen LogP contribution in [0.3, 0.4) is 0 Å². The predicted octanol–water partition coefficient (Wildman–Crippen LogP) is 3.32. The molecule has 0 saturated carbocycles. The fourth-order valence-corrected chi connectivity index (χ4v) is 2.45. The van der Waals surface area contributed by atoms with Gasteiger partial charge in [-0.25, -0.2) is 4.79 Å². The van der Waals surface area contributed by atoms with Gasteiger partial charge in [0.15, 0.2) is 0 Å². The van der Waals surface area contributed by atoms with Crippen molar-refractivity contribution in [2.24, 2.45) is 0 Å². The van der Waals surface area contributed by atoms with E-state index in [1.165, 1.54) is 24.0 Å². The molecule has 0 bridgehead atoms. The number of nitrogens with zero attached hydrogens (tertiary/aromatic N) is 1. The molecule has 1 aromatic rings. The van der Waals surface area contributed by atoms with Crippen molar-refractivity contribution in [2.75, 3.05) is 20.2 Å². The molecule has 1 unspecified atom stereocenters. The maximum absolute atomic E-state index is 13.1. The Morgan fingerprint density at radius 2 is 1.88 bits per heavy atom. The van der Waals surface area contributed by atoms with Crippen molar-refractivity contribution in [3.05, 3.63) is 34.9 Å². The summed E-state index contributed by atoms with van der Waals surface area (Å²) in [5.74, 6) is -0.652. The van der Waals surface area contributed by atoms with Crippen LogP contribution in [0.4, 0.5) is 13.2 Å². The number of alkyl halides is 3. The number of carbonyl (C=O) groups is 1. The standard InChI is InChI=1S/C17H24F3NO3/c1-11-12(7-6-8-13(11)17(18,19)20)14(21(5)9-10-22)15(23)24-16(2,3)4/h6-8,14,22H,9-10H2,1-5H3. The zero-order chi connectivity index (χ0) is 18.7. The lowest BCUT2D eigenvalue weighted by Crippen LogP contribution is -2.38. The van der Waals surface area contributed by atoms with Crippen molar-refractivity contribution >= 4 is 5.97 Å². The summed E-state index contributed by atoms with van der Waals surface area (Å²) in [7, 11) is 1.56. The minimum atomic E-state index is -4.51. The Bertz CT molecular complexity index is 579. The molecule has 4 nitrogen and oxygen atoms in total. The molecule has 0 aliphatic carbocycles. The molecule has 24 heavy (non-hydrogen) atoms. The molecule has 0 amide bonds. The van der Waals surface area contributed by atoms with E-state index in [1.54, 1.807) is 27.8 Å². The first kappa shape index (κ1) is 20.4. The van der Waals surface area contributed by atoms with E-state index >= 15 is 0 Å². The Kier molecular flexibility index (Phi) is 6.41. The second-order valence-electron chi connectivity index (χ2n) is 6.66. The van der Waals surface area contributed by atoms with Crippen LogP contribution in [-0.4, -0.2) is 41.8 Å². The first-order valence-corrected chi connectivity index (χ1v) is 7.59. The fraction of sp³-hybridized carbons (Fsp3) is 0.588. The third kappa shape index (κ3) is 5.21. The highest BCUT2D eigenvalue weighted by atomic mass is 19.4. The van der Waals surface area contributed by atoms with Crippen molar-refractivity contribution in [1.82, 2.24) is 4.90 Å². The van der Waals surface area contributed by atoms with Gasteiger partial charge in [-0.1, -0.05) is 12.1 Å². The number of ether oxygens (including phenoxy) is 1. The van der Waals surface area contributed by atoms with Gasteiger partial charge in [0, 0.05) is 6.54 Å². The van der Waals surface area contributed by atoms with Gasteiger partial charge in [-0.3, -0.25) is 4.90 Å². The number of rotatable bonds is 5. The zero-order valence-electron chi connectivity index (χ0n) is 14.6.